The van der Waals surface area contributed by atoms with Gasteiger partial charge in [-0.3, -0.25) is 19.4 Å². The molecule has 3 rings (SSSR count). The van der Waals surface area contributed by atoms with Gasteiger partial charge in [0.25, 0.3) is 0 Å². The van der Waals surface area contributed by atoms with Crippen molar-refractivity contribution in [2.45, 2.75) is 6.42 Å². The fourth-order valence-corrected chi connectivity index (χ4v) is 3.42. The van der Waals surface area contributed by atoms with Crippen molar-refractivity contribution >= 4 is 29.1 Å². The lowest BCUT2D eigenvalue weighted by molar-refractivity contribution is -0.123. The number of carbonyl (C=O) groups is 2. The molecule has 158 valence electrons. The smallest absolute Gasteiger partial charge is 0.238 e. The summed E-state index contributed by atoms with van der Waals surface area (Å²) in [6, 6.07) is 3.38. The number of halogens is 1. The number of benzene rings is 1. The Morgan fingerprint density at radius 3 is 2.24 bits per heavy atom. The summed E-state index contributed by atoms with van der Waals surface area (Å²) in [5.41, 5.74) is 0.512. The van der Waals surface area contributed by atoms with Gasteiger partial charge in [-0.15, -0.1) is 6.58 Å². The molecular weight excluding hydrogens is 396 g/mol. The molecule has 0 aromatic heterocycles. The predicted octanol–water partition coefficient (Wildman–Crippen LogP) is 1.36. The fourth-order valence-electron chi connectivity index (χ4n) is 3.22. The zero-order valence-electron chi connectivity index (χ0n) is 16.4. The Morgan fingerprint density at radius 1 is 1.03 bits per heavy atom. The monoisotopic (exact) mass is 422 g/mol. The Kier molecular flexibility index (Phi) is 7.74. The molecule has 1 aromatic carbocycles. The van der Waals surface area contributed by atoms with Gasteiger partial charge in [-0.25, -0.2) is 0 Å². The van der Waals surface area contributed by atoms with E-state index in [1.807, 2.05) is 0 Å². The summed E-state index contributed by atoms with van der Waals surface area (Å²) in [5.74, 6) is 1.03. The Bertz CT molecular complexity index is 750. The largest absolute Gasteiger partial charge is 0.490 e. The number of hydrogen-bond donors (Lipinski definition) is 2. The number of rotatable bonds is 7. The second-order valence-electron chi connectivity index (χ2n) is 7.02. The first kappa shape index (κ1) is 21.4. The molecule has 2 heterocycles. The quantitative estimate of drug-likeness (QED) is 0.645. The van der Waals surface area contributed by atoms with Crippen molar-refractivity contribution in [1.29, 1.82) is 0 Å². The molecule has 0 spiro atoms. The zero-order chi connectivity index (χ0) is 20.6. The summed E-state index contributed by atoms with van der Waals surface area (Å²) in [5, 5.41) is 6.05. The maximum atomic E-state index is 12.5. The van der Waals surface area contributed by atoms with Gasteiger partial charge >= 0.3 is 0 Å². The second-order valence-corrected chi connectivity index (χ2v) is 7.43. The molecule has 0 atom stereocenters. The molecule has 0 radical (unpaired) electrons. The van der Waals surface area contributed by atoms with Gasteiger partial charge in [0.1, 0.15) is 0 Å². The lowest BCUT2D eigenvalue weighted by atomic mass is 10.2. The number of carbonyl (C=O) groups excluding carboxylic acids is 2. The SMILES string of the molecule is C=CCNC(=O)CN1CCN(CC(=O)Nc2cc3c(cc2Cl)OCCCO3)CC1. The van der Waals surface area contributed by atoms with Gasteiger partial charge in [-0.05, 0) is 0 Å². The molecule has 8 nitrogen and oxygen atoms in total. The van der Waals surface area contributed by atoms with Crippen LogP contribution in [0.3, 0.4) is 0 Å². The van der Waals surface area contributed by atoms with Gasteiger partial charge in [0, 0.05) is 51.3 Å². The van der Waals surface area contributed by atoms with E-state index in [9.17, 15) is 9.59 Å². The van der Waals surface area contributed by atoms with Crippen LogP contribution in [0, 0.1) is 0 Å². The van der Waals surface area contributed by atoms with E-state index in [4.69, 9.17) is 21.1 Å². The number of ether oxygens (including phenoxy) is 2. The van der Waals surface area contributed by atoms with Crippen LogP contribution in [0.25, 0.3) is 0 Å². The van der Waals surface area contributed by atoms with Crippen LogP contribution in [0.2, 0.25) is 5.02 Å². The summed E-state index contributed by atoms with van der Waals surface area (Å²) in [6.45, 7) is 8.74. The van der Waals surface area contributed by atoms with Crippen LogP contribution >= 0.6 is 11.6 Å². The van der Waals surface area contributed by atoms with E-state index in [1.54, 1.807) is 18.2 Å². The highest BCUT2D eigenvalue weighted by atomic mass is 35.5. The normalized spacial score (nSPS) is 17.3. The van der Waals surface area contributed by atoms with Crippen molar-refractivity contribution in [2.75, 3.05) is 64.3 Å². The summed E-state index contributed by atoms with van der Waals surface area (Å²) in [6.07, 6.45) is 2.46. The Labute approximate surface area is 175 Å². The third-order valence-electron chi connectivity index (χ3n) is 4.75. The first-order valence-corrected chi connectivity index (χ1v) is 10.1. The number of nitrogens with one attached hydrogen (secondary N) is 2. The van der Waals surface area contributed by atoms with Gasteiger partial charge in [0.15, 0.2) is 11.5 Å². The molecule has 2 amide bonds. The highest BCUT2D eigenvalue weighted by Gasteiger charge is 2.21. The van der Waals surface area contributed by atoms with Gasteiger partial charge in [0.05, 0.1) is 37.0 Å². The van der Waals surface area contributed by atoms with Gasteiger partial charge < -0.3 is 20.1 Å². The average Bonchev–Trinajstić information content (AvgIpc) is 2.93. The van der Waals surface area contributed by atoms with E-state index < -0.39 is 0 Å². The zero-order valence-corrected chi connectivity index (χ0v) is 17.2. The van der Waals surface area contributed by atoms with Crippen molar-refractivity contribution in [1.82, 2.24) is 15.1 Å². The summed E-state index contributed by atoms with van der Waals surface area (Å²) < 4.78 is 11.3. The van der Waals surface area contributed by atoms with Crippen molar-refractivity contribution in [3.63, 3.8) is 0 Å². The first-order chi connectivity index (χ1) is 14.0. The number of nitrogens with zero attached hydrogens (tertiary/aromatic N) is 2. The molecule has 9 heteroatoms. The molecular formula is C20H27ClN4O4. The van der Waals surface area contributed by atoms with E-state index in [0.717, 1.165) is 32.6 Å². The summed E-state index contributed by atoms with van der Waals surface area (Å²) in [4.78, 5) is 28.4. The average molecular weight is 423 g/mol. The molecule has 0 saturated carbocycles. The minimum absolute atomic E-state index is 0.0138. The third kappa shape index (κ3) is 6.35. The number of anilines is 1. The number of amides is 2. The van der Waals surface area contributed by atoms with E-state index in [1.165, 1.54) is 0 Å². The molecule has 1 aromatic rings. The first-order valence-electron chi connectivity index (χ1n) is 9.76. The van der Waals surface area contributed by atoms with Crippen molar-refractivity contribution in [3.8, 4) is 11.5 Å². The van der Waals surface area contributed by atoms with Crippen molar-refractivity contribution in [3.05, 3.63) is 29.8 Å². The van der Waals surface area contributed by atoms with Crippen LogP contribution in [-0.4, -0.2) is 80.6 Å². The van der Waals surface area contributed by atoms with Crippen LogP contribution in [0.5, 0.6) is 11.5 Å². The third-order valence-corrected chi connectivity index (χ3v) is 5.07. The molecule has 1 fully saturated rings. The van der Waals surface area contributed by atoms with Crippen LogP contribution in [0.15, 0.2) is 24.8 Å². The number of hydrogen-bond acceptors (Lipinski definition) is 6. The Hall–Kier alpha value is -2.29. The van der Waals surface area contributed by atoms with E-state index in [2.05, 4.69) is 27.0 Å². The van der Waals surface area contributed by atoms with Crippen molar-refractivity contribution in [2.24, 2.45) is 0 Å². The number of piperazine rings is 1. The predicted molar refractivity (Wildman–Crippen MR) is 112 cm³/mol. The van der Waals surface area contributed by atoms with Crippen LogP contribution in [-0.2, 0) is 9.59 Å². The lowest BCUT2D eigenvalue weighted by Crippen LogP contribution is -2.51. The molecule has 0 bridgehead atoms. The van der Waals surface area contributed by atoms with Crippen molar-refractivity contribution < 1.29 is 19.1 Å². The maximum absolute atomic E-state index is 12.5. The standard InChI is InChI=1S/C20H27ClN4O4/c1-2-4-22-19(26)13-24-5-7-25(8-6-24)14-20(27)23-16-12-18-17(11-15(16)21)28-9-3-10-29-18/h2,11-12H,1,3-10,13-14H2,(H,22,26)(H,23,27). The van der Waals surface area contributed by atoms with Crippen LogP contribution in [0.4, 0.5) is 5.69 Å². The van der Waals surface area contributed by atoms with Gasteiger partial charge in [-0.2, -0.15) is 0 Å². The molecule has 0 unspecified atom stereocenters. The minimum atomic E-state index is -0.140. The molecule has 2 N–H and O–H groups in total. The van der Waals surface area contributed by atoms with E-state index in [0.29, 0.717) is 48.5 Å². The van der Waals surface area contributed by atoms with Gasteiger partial charge in [0.2, 0.25) is 11.8 Å². The molecule has 1 saturated heterocycles. The van der Waals surface area contributed by atoms with Gasteiger partial charge in [-0.1, -0.05) is 17.7 Å². The van der Waals surface area contributed by atoms with E-state index >= 15 is 0 Å². The highest BCUT2D eigenvalue weighted by molar-refractivity contribution is 6.34. The highest BCUT2D eigenvalue weighted by Crippen LogP contribution is 2.37. The Morgan fingerprint density at radius 2 is 1.62 bits per heavy atom. The molecule has 2 aliphatic rings. The van der Waals surface area contributed by atoms with Crippen LogP contribution < -0.4 is 20.1 Å². The summed E-state index contributed by atoms with van der Waals surface area (Å²) in [7, 11) is 0. The minimum Gasteiger partial charge on any atom is -0.490 e. The molecule has 2 aliphatic heterocycles. The van der Waals surface area contributed by atoms with E-state index in [-0.39, 0.29) is 18.4 Å². The second kappa shape index (κ2) is 10.5. The lowest BCUT2D eigenvalue weighted by Gasteiger charge is -2.33. The Balaban J connectivity index is 1.46. The fraction of sp³-hybridized carbons (Fsp3) is 0.500. The maximum Gasteiger partial charge on any atom is 0.238 e. The number of fused-ring (bicyclic) bond motifs is 1. The molecule has 29 heavy (non-hydrogen) atoms. The topological polar surface area (TPSA) is 83.1 Å². The summed E-state index contributed by atoms with van der Waals surface area (Å²) >= 11 is 6.29. The van der Waals surface area contributed by atoms with Crippen LogP contribution in [0.1, 0.15) is 6.42 Å². The molecule has 0 aliphatic carbocycles.